The Morgan fingerprint density at radius 1 is 1.19 bits per heavy atom. The van der Waals surface area contributed by atoms with Crippen molar-refractivity contribution in [1.82, 2.24) is 15.3 Å². The van der Waals surface area contributed by atoms with Crippen LogP contribution in [0, 0.1) is 11.3 Å². The number of aliphatic imine (C=N–C) groups is 3. The van der Waals surface area contributed by atoms with Crippen LogP contribution in [0.3, 0.4) is 0 Å². The first-order valence-corrected chi connectivity index (χ1v) is 19.4. The summed E-state index contributed by atoms with van der Waals surface area (Å²) >= 11 is 8.25. The number of rotatable bonds is 18. The lowest BCUT2D eigenvalue weighted by molar-refractivity contribution is 0.0349. The number of hydrogen-bond acceptors (Lipinski definition) is 6. The van der Waals surface area contributed by atoms with E-state index in [-0.39, 0.29) is 5.41 Å². The van der Waals surface area contributed by atoms with E-state index >= 15 is 0 Å². The molecule has 3 heterocycles. The van der Waals surface area contributed by atoms with Crippen molar-refractivity contribution >= 4 is 48.5 Å². The SMILES string of the molecule is C[B]CC/C=C\SCCCN=C1NC(C2=C[C@@H](C)[C@@H](CCCCCCCCC)N=C2)=NC2=CC1(C)CN(C)N2C1=CC=CC(Cl)=CC1. The molecular formula is C38H57BClN6S. The van der Waals surface area contributed by atoms with Crippen molar-refractivity contribution in [2.24, 2.45) is 26.3 Å². The number of hydrogen-bond donors (Lipinski definition) is 1. The molecule has 0 fully saturated rings. The quantitative estimate of drug-likeness (QED) is 0.116. The highest BCUT2D eigenvalue weighted by Gasteiger charge is 2.41. The van der Waals surface area contributed by atoms with Crippen molar-refractivity contribution in [2.45, 2.75) is 111 Å². The van der Waals surface area contributed by atoms with Crippen molar-refractivity contribution in [3.8, 4) is 0 Å². The fourth-order valence-corrected chi connectivity index (χ4v) is 7.40. The fourth-order valence-electron chi connectivity index (χ4n) is 6.55. The van der Waals surface area contributed by atoms with Crippen molar-refractivity contribution in [2.75, 3.05) is 25.9 Å². The average molecular weight is 676 g/mol. The molecule has 0 saturated carbocycles. The Kier molecular flexibility index (Phi) is 15.7. The number of hydrazine groups is 1. The van der Waals surface area contributed by atoms with Gasteiger partial charge in [-0.3, -0.25) is 15.0 Å². The van der Waals surface area contributed by atoms with Gasteiger partial charge < -0.3 is 5.32 Å². The predicted octanol–water partition coefficient (Wildman–Crippen LogP) is 9.72. The second kappa shape index (κ2) is 19.6. The van der Waals surface area contributed by atoms with Gasteiger partial charge in [0, 0.05) is 49.1 Å². The van der Waals surface area contributed by atoms with Crippen molar-refractivity contribution in [1.29, 1.82) is 0 Å². The van der Waals surface area contributed by atoms with Crippen LogP contribution in [0.15, 0.2) is 85.0 Å². The topological polar surface area (TPSA) is 55.6 Å². The molecule has 1 unspecified atom stereocenters. The van der Waals surface area contributed by atoms with E-state index in [1.54, 1.807) is 0 Å². The lowest BCUT2D eigenvalue weighted by atomic mass is 9.77. The number of thioether (sulfide) groups is 1. The molecule has 0 aromatic heterocycles. The van der Waals surface area contributed by atoms with E-state index in [1.165, 1.54) is 44.9 Å². The van der Waals surface area contributed by atoms with Gasteiger partial charge in [-0.15, -0.1) is 11.8 Å². The second-order valence-corrected chi connectivity index (χ2v) is 14.9. The molecule has 0 aromatic carbocycles. The van der Waals surface area contributed by atoms with Crippen molar-refractivity contribution < 1.29 is 0 Å². The van der Waals surface area contributed by atoms with Crippen LogP contribution < -0.4 is 5.32 Å². The van der Waals surface area contributed by atoms with E-state index < -0.39 is 0 Å². The molecule has 255 valence electrons. The van der Waals surface area contributed by atoms with Gasteiger partial charge in [0.2, 0.25) is 0 Å². The molecule has 0 spiro atoms. The Bertz CT molecular complexity index is 1310. The zero-order valence-corrected chi connectivity index (χ0v) is 31.1. The number of amidine groups is 2. The van der Waals surface area contributed by atoms with Crippen LogP contribution in [0.4, 0.5) is 0 Å². The number of nitrogens with zero attached hydrogens (tertiary/aromatic N) is 5. The lowest BCUT2D eigenvalue weighted by Gasteiger charge is -2.44. The summed E-state index contributed by atoms with van der Waals surface area (Å²) in [6.45, 7) is 10.5. The third-order valence-corrected chi connectivity index (χ3v) is 10.4. The molecule has 0 saturated heterocycles. The van der Waals surface area contributed by atoms with Crippen LogP contribution in [0.1, 0.15) is 91.4 Å². The summed E-state index contributed by atoms with van der Waals surface area (Å²) in [5, 5.41) is 11.2. The molecule has 4 rings (SSSR count). The second-order valence-electron chi connectivity index (χ2n) is 13.5. The molecule has 6 nitrogen and oxygen atoms in total. The summed E-state index contributed by atoms with van der Waals surface area (Å²) in [5.41, 5.74) is 1.86. The predicted molar refractivity (Wildman–Crippen MR) is 209 cm³/mol. The average Bonchev–Trinajstić information content (AvgIpc) is 3.32. The molecular weight excluding hydrogens is 619 g/mol. The van der Waals surface area contributed by atoms with Crippen LogP contribution >= 0.6 is 23.4 Å². The maximum absolute atomic E-state index is 6.37. The Balaban J connectivity index is 1.51. The highest BCUT2D eigenvalue weighted by atomic mass is 35.5. The first-order chi connectivity index (χ1) is 22.8. The van der Waals surface area contributed by atoms with Gasteiger partial charge in [-0.05, 0) is 61.5 Å². The van der Waals surface area contributed by atoms with Crippen LogP contribution in [0.5, 0.6) is 0 Å². The summed E-state index contributed by atoms with van der Waals surface area (Å²) in [7, 11) is 4.36. The van der Waals surface area contributed by atoms with E-state index in [2.05, 4.69) is 99.3 Å². The number of dihydropyridines is 1. The molecule has 0 aromatic rings. The zero-order valence-electron chi connectivity index (χ0n) is 29.6. The number of fused-ring (bicyclic) bond motifs is 1. The largest absolute Gasteiger partial charge is 0.327 e. The Morgan fingerprint density at radius 3 is 2.79 bits per heavy atom. The van der Waals surface area contributed by atoms with Gasteiger partial charge in [0.25, 0.3) is 0 Å². The van der Waals surface area contributed by atoms with Gasteiger partial charge >= 0.3 is 0 Å². The van der Waals surface area contributed by atoms with E-state index in [0.29, 0.717) is 12.0 Å². The summed E-state index contributed by atoms with van der Waals surface area (Å²) in [6.07, 6.45) is 31.6. The third-order valence-electron chi connectivity index (χ3n) is 9.23. The minimum atomic E-state index is -0.318. The standard InChI is InChI=1S/C38H57BClN6S/c1-6-7-8-9-10-11-12-19-34-30(2)26-31(28-42-34)36-43-35-27-38(3,29-45(5)46(35)33-18-15-17-32(40)20-21-33)37(44-36)41-23-16-25-47-24-14-13-22-39-4/h14-15,17-18,20,24,26-28,30,34H,6-13,16,19,21-23,25,29H2,1-5H3,(H,41,43,44)/b24-14-/t30-,34-,38?/m1/s1. The smallest absolute Gasteiger partial charge is 0.146 e. The lowest BCUT2D eigenvalue weighted by Crippen LogP contribution is -2.52. The maximum atomic E-state index is 6.37. The maximum Gasteiger partial charge on any atom is 0.146 e. The first-order valence-electron chi connectivity index (χ1n) is 18.0. The number of unbranched alkanes of at least 4 members (excludes halogenated alkanes) is 6. The van der Waals surface area contributed by atoms with E-state index in [0.717, 1.165) is 84.6 Å². The van der Waals surface area contributed by atoms with Gasteiger partial charge in [0.15, 0.2) is 0 Å². The molecule has 4 aliphatic rings. The number of halogens is 1. The van der Waals surface area contributed by atoms with Gasteiger partial charge in [-0.25, -0.2) is 10.0 Å². The van der Waals surface area contributed by atoms with Crippen LogP contribution in [0.25, 0.3) is 0 Å². The fraction of sp³-hybridized carbons (Fsp3) is 0.605. The molecule has 3 atom stereocenters. The van der Waals surface area contributed by atoms with Gasteiger partial charge in [-0.2, -0.15) is 0 Å². The van der Waals surface area contributed by atoms with Crippen LogP contribution in [-0.2, 0) is 0 Å². The minimum Gasteiger partial charge on any atom is -0.327 e. The van der Waals surface area contributed by atoms with E-state index in [9.17, 15) is 0 Å². The van der Waals surface area contributed by atoms with Gasteiger partial charge in [0.05, 0.1) is 11.5 Å². The van der Waals surface area contributed by atoms with E-state index in [4.69, 9.17) is 26.6 Å². The molecule has 47 heavy (non-hydrogen) atoms. The van der Waals surface area contributed by atoms with Crippen molar-refractivity contribution in [3.05, 3.63) is 70.1 Å². The molecule has 3 aliphatic heterocycles. The summed E-state index contributed by atoms with van der Waals surface area (Å²) < 4.78 is 0. The van der Waals surface area contributed by atoms with Crippen molar-refractivity contribution in [3.63, 3.8) is 0 Å². The summed E-state index contributed by atoms with van der Waals surface area (Å²) in [4.78, 5) is 15.6. The molecule has 1 aliphatic carbocycles. The number of allylic oxidation sites excluding steroid dienone is 6. The van der Waals surface area contributed by atoms with Gasteiger partial charge in [0.1, 0.15) is 24.8 Å². The highest BCUT2D eigenvalue weighted by Crippen LogP contribution is 2.37. The highest BCUT2D eigenvalue weighted by molar-refractivity contribution is 8.02. The van der Waals surface area contributed by atoms with Crippen LogP contribution in [0.2, 0.25) is 13.1 Å². The molecule has 1 N–H and O–H groups in total. The number of nitrogens with one attached hydrogen (secondary N) is 1. The summed E-state index contributed by atoms with van der Waals surface area (Å²) in [6, 6.07) is 0.332. The Morgan fingerprint density at radius 2 is 2.00 bits per heavy atom. The molecule has 9 heteroatoms. The minimum absolute atomic E-state index is 0.318. The zero-order chi connectivity index (χ0) is 33.5. The summed E-state index contributed by atoms with van der Waals surface area (Å²) in [5.74, 6) is 4.11. The first kappa shape index (κ1) is 37.5. The van der Waals surface area contributed by atoms with Gasteiger partial charge in [-0.1, -0.05) is 108 Å². The monoisotopic (exact) mass is 675 g/mol. The Hall–Kier alpha value is -2.29. The van der Waals surface area contributed by atoms with E-state index in [1.807, 2.05) is 23.9 Å². The third kappa shape index (κ3) is 11.4. The molecule has 1 radical (unpaired) electrons. The normalized spacial score (nSPS) is 25.5. The van der Waals surface area contributed by atoms with Crippen LogP contribution in [-0.4, -0.2) is 67.1 Å². The Labute approximate surface area is 295 Å². The molecule has 2 bridgehead atoms. The molecule has 0 amide bonds.